The fourth-order valence-electron chi connectivity index (χ4n) is 4.07. The third-order valence-corrected chi connectivity index (χ3v) is 6.10. The fourth-order valence-corrected chi connectivity index (χ4v) is 4.28. The summed E-state index contributed by atoms with van der Waals surface area (Å²) in [5, 5.41) is 8.81. The van der Waals surface area contributed by atoms with Gasteiger partial charge in [-0.05, 0) is 81.5 Å². The number of fused-ring (bicyclic) bond motifs is 1. The Labute approximate surface area is 190 Å². The number of rotatable bonds is 4. The van der Waals surface area contributed by atoms with E-state index >= 15 is 0 Å². The minimum atomic E-state index is -0.117. The normalized spacial score (nSPS) is 15.2. The first-order valence-corrected chi connectivity index (χ1v) is 10.9. The first kappa shape index (κ1) is 20.5. The van der Waals surface area contributed by atoms with Gasteiger partial charge in [0.15, 0.2) is 11.5 Å². The number of carbonyl (C=O) groups excluding carboxylic acids is 1. The van der Waals surface area contributed by atoms with Gasteiger partial charge in [-0.1, -0.05) is 16.8 Å². The maximum atomic E-state index is 13.7. The van der Waals surface area contributed by atoms with Crippen LogP contribution in [0, 0.1) is 0 Å². The number of halogens is 1. The van der Waals surface area contributed by atoms with E-state index in [4.69, 9.17) is 11.6 Å². The Bertz CT molecular complexity index is 1250. The third-order valence-electron chi connectivity index (χ3n) is 5.81. The van der Waals surface area contributed by atoms with Gasteiger partial charge in [0.1, 0.15) is 5.52 Å². The quantitative estimate of drug-likeness (QED) is 0.475. The molecule has 1 aromatic carbocycles. The number of benzene rings is 1. The van der Waals surface area contributed by atoms with Gasteiger partial charge in [-0.2, -0.15) is 4.68 Å². The Hall–Kier alpha value is -3.36. The van der Waals surface area contributed by atoms with Crippen molar-refractivity contribution in [1.29, 1.82) is 0 Å². The molecular weight excluding hydrogens is 426 g/mol. The molecule has 0 radical (unpaired) electrons. The highest BCUT2D eigenvalue weighted by atomic mass is 35.5. The standard InChI is InChI=1S/C23H22ClN7O/c1-29-14-10-17(11-15-29)30(21-19(24)4-2-12-25-21)23(32)16-6-8-18(9-7-16)31-22-20(27-28-31)5-3-13-26-22/h2-9,12-13,17H,10-11,14-15H2,1H3. The van der Waals surface area contributed by atoms with Crippen LogP contribution in [0.1, 0.15) is 23.2 Å². The predicted octanol–water partition coefficient (Wildman–Crippen LogP) is 3.60. The lowest BCUT2D eigenvalue weighted by Gasteiger charge is -2.37. The van der Waals surface area contributed by atoms with Crippen molar-refractivity contribution in [2.24, 2.45) is 0 Å². The minimum Gasteiger partial charge on any atom is -0.306 e. The summed E-state index contributed by atoms with van der Waals surface area (Å²) in [6, 6.07) is 14.6. The van der Waals surface area contributed by atoms with Crippen molar-refractivity contribution in [2.75, 3.05) is 25.0 Å². The number of pyridine rings is 2. The highest BCUT2D eigenvalue weighted by Gasteiger charge is 2.31. The van der Waals surface area contributed by atoms with Crippen molar-refractivity contribution < 1.29 is 4.79 Å². The number of aromatic nitrogens is 5. The van der Waals surface area contributed by atoms with Crippen LogP contribution in [0.3, 0.4) is 0 Å². The number of carbonyl (C=O) groups is 1. The third kappa shape index (κ3) is 3.83. The maximum absolute atomic E-state index is 13.7. The summed E-state index contributed by atoms with van der Waals surface area (Å²) in [7, 11) is 2.09. The number of anilines is 1. The van der Waals surface area contributed by atoms with Gasteiger partial charge < -0.3 is 4.90 Å². The molecule has 0 unspecified atom stereocenters. The van der Waals surface area contributed by atoms with Gasteiger partial charge >= 0.3 is 0 Å². The van der Waals surface area contributed by atoms with E-state index in [1.54, 1.807) is 46.2 Å². The SMILES string of the molecule is CN1CCC(N(C(=O)c2ccc(-n3nnc4cccnc43)cc2)c2ncccc2Cl)CC1. The van der Waals surface area contributed by atoms with E-state index in [-0.39, 0.29) is 11.9 Å². The molecule has 0 bridgehead atoms. The summed E-state index contributed by atoms with van der Waals surface area (Å²) in [6.45, 7) is 1.84. The molecule has 5 rings (SSSR count). The molecule has 1 saturated heterocycles. The molecule has 4 aromatic rings. The summed E-state index contributed by atoms with van der Waals surface area (Å²) in [4.78, 5) is 26.5. The number of hydrogen-bond donors (Lipinski definition) is 0. The molecule has 3 aromatic heterocycles. The van der Waals surface area contributed by atoms with Crippen LogP contribution in [0.2, 0.25) is 5.02 Å². The van der Waals surface area contributed by atoms with E-state index < -0.39 is 0 Å². The molecular formula is C23H22ClN7O. The van der Waals surface area contributed by atoms with Crippen molar-refractivity contribution in [3.63, 3.8) is 0 Å². The molecule has 1 amide bonds. The molecule has 1 aliphatic heterocycles. The Morgan fingerprint density at radius 2 is 1.75 bits per heavy atom. The average Bonchev–Trinajstić information content (AvgIpc) is 3.26. The second-order valence-corrected chi connectivity index (χ2v) is 8.32. The van der Waals surface area contributed by atoms with Gasteiger partial charge in [-0.3, -0.25) is 9.69 Å². The van der Waals surface area contributed by atoms with Gasteiger partial charge in [-0.25, -0.2) is 9.97 Å². The van der Waals surface area contributed by atoms with Crippen molar-refractivity contribution in [3.8, 4) is 5.69 Å². The van der Waals surface area contributed by atoms with E-state index in [1.165, 1.54) is 0 Å². The number of hydrogen-bond acceptors (Lipinski definition) is 6. The van der Waals surface area contributed by atoms with E-state index in [2.05, 4.69) is 32.2 Å². The van der Waals surface area contributed by atoms with Crippen LogP contribution in [0.5, 0.6) is 0 Å². The first-order chi connectivity index (χ1) is 15.6. The fraction of sp³-hybridized carbons (Fsp3) is 0.261. The predicted molar refractivity (Wildman–Crippen MR) is 123 cm³/mol. The molecule has 0 aliphatic carbocycles. The van der Waals surface area contributed by atoms with E-state index in [1.807, 2.05) is 24.3 Å². The zero-order valence-electron chi connectivity index (χ0n) is 17.6. The van der Waals surface area contributed by atoms with E-state index in [9.17, 15) is 4.79 Å². The van der Waals surface area contributed by atoms with Gasteiger partial charge in [0, 0.05) is 24.0 Å². The lowest BCUT2D eigenvalue weighted by molar-refractivity contribution is 0.0962. The summed E-state index contributed by atoms with van der Waals surface area (Å²) in [5.74, 6) is 0.387. The molecule has 0 atom stereocenters. The Morgan fingerprint density at radius 3 is 2.50 bits per heavy atom. The Morgan fingerprint density at radius 1 is 1.03 bits per heavy atom. The lowest BCUT2D eigenvalue weighted by atomic mass is 10.0. The average molecular weight is 448 g/mol. The van der Waals surface area contributed by atoms with Crippen molar-refractivity contribution in [2.45, 2.75) is 18.9 Å². The highest BCUT2D eigenvalue weighted by molar-refractivity contribution is 6.33. The largest absolute Gasteiger partial charge is 0.306 e. The topological polar surface area (TPSA) is 80.0 Å². The summed E-state index contributed by atoms with van der Waals surface area (Å²) in [6.07, 6.45) is 5.10. The summed E-state index contributed by atoms with van der Waals surface area (Å²) < 4.78 is 1.66. The molecule has 0 N–H and O–H groups in total. The van der Waals surface area contributed by atoms with Crippen LogP contribution in [-0.2, 0) is 0 Å². The summed E-state index contributed by atoms with van der Waals surface area (Å²) >= 11 is 6.45. The molecule has 0 saturated carbocycles. The maximum Gasteiger partial charge on any atom is 0.259 e. The molecule has 8 nitrogen and oxygen atoms in total. The molecule has 4 heterocycles. The molecule has 9 heteroatoms. The number of piperidine rings is 1. The molecule has 0 spiro atoms. The van der Waals surface area contributed by atoms with Gasteiger partial charge in [0.25, 0.3) is 5.91 Å². The summed E-state index contributed by atoms with van der Waals surface area (Å²) in [5.41, 5.74) is 2.72. The highest BCUT2D eigenvalue weighted by Crippen LogP contribution is 2.30. The van der Waals surface area contributed by atoms with Crippen LogP contribution in [0.25, 0.3) is 16.9 Å². The zero-order valence-corrected chi connectivity index (χ0v) is 18.4. The van der Waals surface area contributed by atoms with Crippen LogP contribution < -0.4 is 4.90 Å². The van der Waals surface area contributed by atoms with Crippen molar-refractivity contribution in [3.05, 3.63) is 71.5 Å². The van der Waals surface area contributed by atoms with Crippen LogP contribution >= 0.6 is 11.6 Å². The number of nitrogens with zero attached hydrogens (tertiary/aromatic N) is 7. The second-order valence-electron chi connectivity index (χ2n) is 7.91. The first-order valence-electron chi connectivity index (χ1n) is 10.5. The van der Waals surface area contributed by atoms with Crippen LogP contribution in [-0.4, -0.2) is 61.9 Å². The number of amides is 1. The Kier molecular flexibility index (Phi) is 5.55. The molecule has 1 fully saturated rings. The molecule has 1 aliphatic rings. The zero-order chi connectivity index (χ0) is 22.1. The number of likely N-dealkylation sites (tertiary alicyclic amines) is 1. The van der Waals surface area contributed by atoms with Crippen molar-refractivity contribution >= 4 is 34.5 Å². The smallest absolute Gasteiger partial charge is 0.259 e. The molecule has 32 heavy (non-hydrogen) atoms. The van der Waals surface area contributed by atoms with E-state index in [0.717, 1.165) is 31.6 Å². The van der Waals surface area contributed by atoms with Gasteiger partial charge in [0.05, 0.1) is 10.7 Å². The van der Waals surface area contributed by atoms with Crippen LogP contribution in [0.4, 0.5) is 5.82 Å². The minimum absolute atomic E-state index is 0.0363. The monoisotopic (exact) mass is 447 g/mol. The van der Waals surface area contributed by atoms with Gasteiger partial charge in [0.2, 0.25) is 0 Å². The van der Waals surface area contributed by atoms with Gasteiger partial charge in [-0.15, -0.1) is 5.10 Å². The van der Waals surface area contributed by atoms with Crippen molar-refractivity contribution in [1.82, 2.24) is 29.9 Å². The van der Waals surface area contributed by atoms with Crippen LogP contribution in [0.15, 0.2) is 60.9 Å². The van der Waals surface area contributed by atoms with E-state index in [0.29, 0.717) is 27.6 Å². The second kappa shape index (κ2) is 8.64. The lowest BCUT2D eigenvalue weighted by Crippen LogP contribution is -2.47. The Balaban J connectivity index is 1.48. The molecule has 162 valence electrons.